The van der Waals surface area contributed by atoms with Gasteiger partial charge in [-0.25, -0.2) is 0 Å². The number of nitrogen functional groups attached to an aromatic ring is 1. The van der Waals surface area contributed by atoms with Crippen molar-refractivity contribution in [3.63, 3.8) is 0 Å². The summed E-state index contributed by atoms with van der Waals surface area (Å²) in [5.41, 5.74) is 7.14. The summed E-state index contributed by atoms with van der Waals surface area (Å²) in [5.74, 6) is 0.00868. The summed E-state index contributed by atoms with van der Waals surface area (Å²) in [6, 6.07) is 5.49. The van der Waals surface area contributed by atoms with Gasteiger partial charge >= 0.3 is 0 Å². The lowest BCUT2D eigenvalue weighted by Gasteiger charge is -2.13. The maximum absolute atomic E-state index is 11.3. The molecule has 0 aliphatic carbocycles. The average Bonchev–Trinajstić information content (AvgIpc) is 2.18. The zero-order valence-corrected chi connectivity index (χ0v) is 10.3. The van der Waals surface area contributed by atoms with Crippen LogP contribution in [0.15, 0.2) is 22.7 Å². The molecule has 1 aromatic rings. The molecule has 0 saturated heterocycles. The lowest BCUT2D eigenvalue weighted by Crippen LogP contribution is -2.28. The Balaban J connectivity index is 2.65. The molecule has 3 N–H and O–H groups in total. The van der Waals surface area contributed by atoms with Crippen molar-refractivity contribution >= 4 is 33.2 Å². The van der Waals surface area contributed by atoms with Crippen LogP contribution in [0.1, 0.15) is 0 Å². The summed E-state index contributed by atoms with van der Waals surface area (Å²) < 4.78 is 0.927. The predicted molar refractivity (Wildman–Crippen MR) is 65.7 cm³/mol. The van der Waals surface area contributed by atoms with Crippen LogP contribution in [0.3, 0.4) is 0 Å². The molecule has 0 saturated carbocycles. The number of hydrogen-bond acceptors (Lipinski definition) is 3. The molecule has 0 aliphatic rings. The van der Waals surface area contributed by atoms with Crippen molar-refractivity contribution in [2.24, 2.45) is 0 Å². The highest BCUT2D eigenvalue weighted by Gasteiger charge is 2.05. The van der Waals surface area contributed by atoms with Gasteiger partial charge in [0.15, 0.2) is 0 Å². The Kier molecular flexibility index (Phi) is 3.96. The van der Waals surface area contributed by atoms with Crippen LogP contribution < -0.4 is 11.1 Å². The van der Waals surface area contributed by atoms with Gasteiger partial charge in [0.2, 0.25) is 5.91 Å². The fourth-order valence-electron chi connectivity index (χ4n) is 1.01. The minimum Gasteiger partial charge on any atom is -0.397 e. The number of carbonyl (C=O) groups excluding carboxylic acids is 1. The maximum atomic E-state index is 11.3. The van der Waals surface area contributed by atoms with E-state index in [2.05, 4.69) is 21.2 Å². The van der Waals surface area contributed by atoms with Gasteiger partial charge in [0, 0.05) is 18.6 Å². The molecule has 0 spiro atoms. The Morgan fingerprint density at radius 1 is 1.53 bits per heavy atom. The molecular formula is C10H14BrN3O. The van der Waals surface area contributed by atoms with E-state index in [4.69, 9.17) is 5.73 Å². The number of rotatable bonds is 3. The first kappa shape index (κ1) is 11.8. The summed E-state index contributed by atoms with van der Waals surface area (Å²) >= 11 is 3.34. The quantitative estimate of drug-likeness (QED) is 0.820. The average molecular weight is 272 g/mol. The lowest BCUT2D eigenvalue weighted by atomic mass is 10.2. The number of likely N-dealkylation sites (N-methyl/N-ethyl adjacent to an activating group) is 1. The summed E-state index contributed by atoms with van der Waals surface area (Å²) in [6.07, 6.45) is 0. The molecule has 0 atom stereocenters. The first-order chi connectivity index (χ1) is 7.00. The smallest absolute Gasteiger partial charge is 0.241 e. The second kappa shape index (κ2) is 5.02. The second-order valence-corrected chi connectivity index (χ2v) is 4.29. The van der Waals surface area contributed by atoms with Crippen LogP contribution in [0.5, 0.6) is 0 Å². The largest absolute Gasteiger partial charge is 0.397 e. The zero-order valence-electron chi connectivity index (χ0n) is 8.75. The van der Waals surface area contributed by atoms with Crippen LogP contribution in [0.2, 0.25) is 0 Å². The van der Waals surface area contributed by atoms with Gasteiger partial charge in [-0.2, -0.15) is 0 Å². The van der Waals surface area contributed by atoms with E-state index in [0.717, 1.165) is 10.2 Å². The van der Waals surface area contributed by atoms with Crippen LogP contribution in [-0.4, -0.2) is 31.4 Å². The highest BCUT2D eigenvalue weighted by Crippen LogP contribution is 2.22. The topological polar surface area (TPSA) is 58.4 Å². The normalized spacial score (nSPS) is 9.80. The third kappa shape index (κ3) is 3.43. The van der Waals surface area contributed by atoms with Crippen LogP contribution in [-0.2, 0) is 4.79 Å². The number of nitrogens with two attached hydrogens (primary N) is 1. The fraction of sp³-hybridized carbons (Fsp3) is 0.300. The first-order valence-electron chi connectivity index (χ1n) is 4.49. The van der Waals surface area contributed by atoms with Gasteiger partial charge in [0.25, 0.3) is 0 Å². The zero-order chi connectivity index (χ0) is 11.4. The first-order valence-corrected chi connectivity index (χ1v) is 5.29. The van der Waals surface area contributed by atoms with E-state index in [1.807, 2.05) is 12.1 Å². The van der Waals surface area contributed by atoms with E-state index >= 15 is 0 Å². The summed E-state index contributed by atoms with van der Waals surface area (Å²) in [7, 11) is 3.43. The van der Waals surface area contributed by atoms with Crippen molar-refractivity contribution in [2.45, 2.75) is 0 Å². The molecule has 0 unspecified atom stereocenters. The van der Waals surface area contributed by atoms with Crippen LogP contribution in [0.25, 0.3) is 0 Å². The Morgan fingerprint density at radius 2 is 2.20 bits per heavy atom. The van der Waals surface area contributed by atoms with Crippen molar-refractivity contribution in [1.82, 2.24) is 4.90 Å². The third-order valence-electron chi connectivity index (χ3n) is 1.94. The number of hydrogen-bond donors (Lipinski definition) is 2. The highest BCUT2D eigenvalue weighted by molar-refractivity contribution is 9.10. The van der Waals surface area contributed by atoms with E-state index in [1.165, 1.54) is 4.90 Å². The summed E-state index contributed by atoms with van der Waals surface area (Å²) in [6.45, 7) is 0.244. The van der Waals surface area contributed by atoms with Gasteiger partial charge in [-0.1, -0.05) is 15.9 Å². The molecule has 0 fully saturated rings. The molecule has 0 aromatic heterocycles. The number of nitrogens with one attached hydrogen (secondary N) is 1. The van der Waals surface area contributed by atoms with Gasteiger partial charge in [-0.15, -0.1) is 0 Å². The number of nitrogens with zero attached hydrogens (tertiary/aromatic N) is 1. The summed E-state index contributed by atoms with van der Waals surface area (Å²) in [4.78, 5) is 12.9. The number of benzene rings is 1. The monoisotopic (exact) mass is 271 g/mol. The van der Waals surface area contributed by atoms with Gasteiger partial charge in [0.05, 0.1) is 17.9 Å². The Morgan fingerprint density at radius 3 is 2.80 bits per heavy atom. The second-order valence-electron chi connectivity index (χ2n) is 3.37. The third-order valence-corrected chi connectivity index (χ3v) is 2.44. The van der Waals surface area contributed by atoms with Gasteiger partial charge < -0.3 is 16.0 Å². The van der Waals surface area contributed by atoms with Crippen molar-refractivity contribution in [2.75, 3.05) is 31.7 Å². The number of halogens is 1. The Hall–Kier alpha value is -1.23. The van der Waals surface area contributed by atoms with E-state index in [-0.39, 0.29) is 12.5 Å². The van der Waals surface area contributed by atoms with Gasteiger partial charge in [-0.3, -0.25) is 4.79 Å². The molecule has 0 radical (unpaired) electrons. The highest BCUT2D eigenvalue weighted by atomic mass is 79.9. The van der Waals surface area contributed by atoms with Crippen LogP contribution in [0, 0.1) is 0 Å². The minimum absolute atomic E-state index is 0.00868. The van der Waals surface area contributed by atoms with Crippen molar-refractivity contribution in [1.29, 1.82) is 0 Å². The molecular weight excluding hydrogens is 258 g/mol. The molecule has 0 heterocycles. The molecule has 5 heteroatoms. The van der Waals surface area contributed by atoms with Crippen LogP contribution in [0.4, 0.5) is 11.4 Å². The van der Waals surface area contributed by atoms with E-state index in [9.17, 15) is 4.79 Å². The van der Waals surface area contributed by atoms with Crippen molar-refractivity contribution in [3.8, 4) is 0 Å². The maximum Gasteiger partial charge on any atom is 0.241 e. The molecule has 15 heavy (non-hydrogen) atoms. The molecule has 82 valence electrons. The van der Waals surface area contributed by atoms with Gasteiger partial charge in [0.1, 0.15) is 0 Å². The predicted octanol–water partition coefficient (Wildman–Crippen LogP) is 1.53. The molecule has 1 aromatic carbocycles. The SMILES string of the molecule is CN(C)C(=O)CNc1cc(Br)ccc1N. The Bertz CT molecular complexity index is 366. The summed E-state index contributed by atoms with van der Waals surface area (Å²) in [5, 5.41) is 2.99. The fourth-order valence-corrected chi connectivity index (χ4v) is 1.37. The van der Waals surface area contributed by atoms with E-state index in [0.29, 0.717) is 5.69 Å². The molecule has 0 aliphatic heterocycles. The standard InChI is InChI=1S/C10H14BrN3O/c1-14(2)10(15)6-13-9-5-7(11)3-4-8(9)12/h3-5,13H,6,12H2,1-2H3. The van der Waals surface area contributed by atoms with Crippen LogP contribution >= 0.6 is 15.9 Å². The van der Waals surface area contributed by atoms with Gasteiger partial charge in [-0.05, 0) is 18.2 Å². The molecule has 4 nitrogen and oxygen atoms in total. The number of amides is 1. The van der Waals surface area contributed by atoms with E-state index in [1.54, 1.807) is 20.2 Å². The number of carbonyl (C=O) groups is 1. The molecule has 1 rings (SSSR count). The Labute approximate surface area is 97.6 Å². The molecule has 0 bridgehead atoms. The van der Waals surface area contributed by atoms with Crippen molar-refractivity contribution in [3.05, 3.63) is 22.7 Å². The molecule has 1 amide bonds. The number of anilines is 2. The van der Waals surface area contributed by atoms with E-state index < -0.39 is 0 Å². The van der Waals surface area contributed by atoms with Crippen molar-refractivity contribution < 1.29 is 4.79 Å². The lowest BCUT2D eigenvalue weighted by molar-refractivity contribution is -0.126. The minimum atomic E-state index is 0.00868.